The highest BCUT2D eigenvalue weighted by Crippen LogP contribution is 2.23. The molecule has 2 saturated heterocycles. The van der Waals surface area contributed by atoms with Gasteiger partial charge in [0.1, 0.15) is 11.6 Å². The van der Waals surface area contributed by atoms with Crippen molar-refractivity contribution < 1.29 is 23.1 Å². The van der Waals surface area contributed by atoms with Gasteiger partial charge in [0.2, 0.25) is 5.91 Å². The predicted octanol–water partition coefficient (Wildman–Crippen LogP) is 2.53. The molecule has 166 valence electrons. The summed E-state index contributed by atoms with van der Waals surface area (Å²) in [5.74, 6) is -1.93. The van der Waals surface area contributed by atoms with Crippen LogP contribution in [-0.2, 0) is 9.53 Å². The Morgan fingerprint density at radius 3 is 2.53 bits per heavy atom. The summed E-state index contributed by atoms with van der Waals surface area (Å²) in [6.45, 7) is 5.55. The van der Waals surface area contributed by atoms with E-state index in [1.165, 1.54) is 11.0 Å². The van der Waals surface area contributed by atoms with E-state index < -0.39 is 17.5 Å². The van der Waals surface area contributed by atoms with Crippen molar-refractivity contribution in [2.45, 2.75) is 44.7 Å². The number of likely N-dealkylation sites (N-methyl/N-ethyl adjacent to an activating group) is 1. The lowest BCUT2D eigenvalue weighted by Crippen LogP contribution is -2.55. The molecule has 2 fully saturated rings. The van der Waals surface area contributed by atoms with Crippen molar-refractivity contribution in [1.29, 1.82) is 0 Å². The molecule has 1 atom stereocenters. The molecule has 8 heteroatoms. The van der Waals surface area contributed by atoms with Crippen LogP contribution in [0.4, 0.5) is 8.78 Å². The average molecular weight is 424 g/mol. The van der Waals surface area contributed by atoms with Crippen LogP contribution in [0.3, 0.4) is 0 Å². The van der Waals surface area contributed by atoms with Gasteiger partial charge in [0, 0.05) is 71.5 Å². The van der Waals surface area contributed by atoms with Crippen molar-refractivity contribution in [2.24, 2.45) is 0 Å². The SMILES string of the molecule is CC(=O)N1CCCC(N(CCN(C)C(=O)c2ccc(F)cc2F)C2CCOCC2)C1. The fourth-order valence-corrected chi connectivity index (χ4v) is 4.43. The number of rotatable bonds is 6. The molecule has 1 aromatic carbocycles. The zero-order valence-electron chi connectivity index (χ0n) is 17.8. The molecule has 2 heterocycles. The first-order chi connectivity index (χ1) is 14.4. The minimum Gasteiger partial charge on any atom is -0.381 e. The molecule has 0 aliphatic carbocycles. The number of benzene rings is 1. The number of carbonyl (C=O) groups is 2. The number of piperidine rings is 1. The summed E-state index contributed by atoms with van der Waals surface area (Å²) < 4.78 is 32.7. The van der Waals surface area contributed by atoms with Gasteiger partial charge in [-0.25, -0.2) is 8.78 Å². The molecule has 1 unspecified atom stereocenters. The van der Waals surface area contributed by atoms with E-state index in [1.807, 2.05) is 4.90 Å². The topological polar surface area (TPSA) is 53.1 Å². The molecule has 6 nitrogen and oxygen atoms in total. The number of carbonyl (C=O) groups excluding carboxylic acids is 2. The van der Waals surface area contributed by atoms with Gasteiger partial charge in [-0.1, -0.05) is 0 Å². The van der Waals surface area contributed by atoms with Crippen molar-refractivity contribution >= 4 is 11.8 Å². The zero-order chi connectivity index (χ0) is 21.7. The summed E-state index contributed by atoms with van der Waals surface area (Å²) in [5.41, 5.74) is -0.128. The first-order valence-electron chi connectivity index (χ1n) is 10.7. The second-order valence-corrected chi connectivity index (χ2v) is 8.19. The molecule has 2 aliphatic heterocycles. The highest BCUT2D eigenvalue weighted by Gasteiger charge is 2.32. The normalized spacial score (nSPS) is 20.4. The third kappa shape index (κ3) is 5.55. The monoisotopic (exact) mass is 423 g/mol. The first-order valence-corrected chi connectivity index (χ1v) is 10.7. The smallest absolute Gasteiger partial charge is 0.256 e. The third-order valence-electron chi connectivity index (χ3n) is 6.17. The molecule has 0 N–H and O–H groups in total. The van der Waals surface area contributed by atoms with Gasteiger partial charge in [0.05, 0.1) is 5.56 Å². The van der Waals surface area contributed by atoms with Crippen LogP contribution >= 0.6 is 0 Å². The maximum absolute atomic E-state index is 14.0. The molecule has 0 spiro atoms. The highest BCUT2D eigenvalue weighted by molar-refractivity contribution is 5.94. The average Bonchev–Trinajstić information content (AvgIpc) is 2.74. The molecule has 3 rings (SSSR count). The van der Waals surface area contributed by atoms with E-state index >= 15 is 0 Å². The van der Waals surface area contributed by atoms with Crippen LogP contribution in [0.25, 0.3) is 0 Å². The van der Waals surface area contributed by atoms with E-state index in [1.54, 1.807) is 14.0 Å². The number of halogens is 2. The lowest BCUT2D eigenvalue weighted by atomic mass is 9.98. The fraction of sp³-hybridized carbons (Fsp3) is 0.636. The molecule has 0 aromatic heterocycles. The molecular weight excluding hydrogens is 392 g/mol. The minimum atomic E-state index is -0.850. The van der Waals surface area contributed by atoms with E-state index in [9.17, 15) is 18.4 Å². The molecule has 1 aromatic rings. The summed E-state index contributed by atoms with van der Waals surface area (Å²) in [7, 11) is 1.63. The predicted molar refractivity (Wildman–Crippen MR) is 109 cm³/mol. The maximum Gasteiger partial charge on any atom is 0.256 e. The summed E-state index contributed by atoms with van der Waals surface area (Å²) in [5, 5.41) is 0. The third-order valence-corrected chi connectivity index (χ3v) is 6.17. The second kappa shape index (κ2) is 10.3. The lowest BCUT2D eigenvalue weighted by Gasteiger charge is -2.44. The van der Waals surface area contributed by atoms with Crippen LogP contribution in [-0.4, -0.2) is 85.0 Å². The first kappa shape index (κ1) is 22.6. The minimum absolute atomic E-state index is 0.0886. The number of hydrogen-bond donors (Lipinski definition) is 0. The van der Waals surface area contributed by atoms with Crippen LogP contribution < -0.4 is 0 Å². The van der Waals surface area contributed by atoms with Crippen molar-refractivity contribution in [3.05, 3.63) is 35.4 Å². The second-order valence-electron chi connectivity index (χ2n) is 8.19. The number of nitrogens with zero attached hydrogens (tertiary/aromatic N) is 3. The number of ether oxygens (including phenoxy) is 1. The Bertz CT molecular complexity index is 755. The van der Waals surface area contributed by atoms with Crippen LogP contribution in [0.2, 0.25) is 0 Å². The molecule has 0 bridgehead atoms. The van der Waals surface area contributed by atoms with Gasteiger partial charge in [-0.3, -0.25) is 14.5 Å². The quantitative estimate of drug-likeness (QED) is 0.706. The van der Waals surface area contributed by atoms with Gasteiger partial charge in [0.15, 0.2) is 0 Å². The van der Waals surface area contributed by atoms with Crippen molar-refractivity contribution in [2.75, 3.05) is 46.4 Å². The van der Waals surface area contributed by atoms with Gasteiger partial charge < -0.3 is 14.5 Å². The van der Waals surface area contributed by atoms with Gasteiger partial charge >= 0.3 is 0 Å². The van der Waals surface area contributed by atoms with Crippen molar-refractivity contribution in [3.8, 4) is 0 Å². The molecule has 30 heavy (non-hydrogen) atoms. The maximum atomic E-state index is 14.0. The van der Waals surface area contributed by atoms with Crippen molar-refractivity contribution in [1.82, 2.24) is 14.7 Å². The summed E-state index contributed by atoms with van der Waals surface area (Å²) in [6.07, 6.45) is 3.80. The van der Waals surface area contributed by atoms with Crippen LogP contribution in [0.5, 0.6) is 0 Å². The summed E-state index contributed by atoms with van der Waals surface area (Å²) in [6, 6.07) is 3.58. The van der Waals surface area contributed by atoms with E-state index in [-0.39, 0.29) is 17.5 Å². The summed E-state index contributed by atoms with van der Waals surface area (Å²) >= 11 is 0. The number of hydrogen-bond acceptors (Lipinski definition) is 4. The number of likely N-dealkylation sites (tertiary alicyclic amines) is 1. The number of amides is 2. The van der Waals surface area contributed by atoms with E-state index in [0.29, 0.717) is 38.9 Å². The zero-order valence-corrected chi connectivity index (χ0v) is 17.8. The van der Waals surface area contributed by atoms with E-state index in [0.717, 1.165) is 44.4 Å². The lowest BCUT2D eigenvalue weighted by molar-refractivity contribution is -0.131. The standard InChI is InChI=1S/C22H31F2N3O3/c1-16(28)26-9-3-4-19(15-26)27(18-7-12-30-13-8-18)11-10-25(2)22(29)20-6-5-17(23)14-21(20)24/h5-6,14,18-19H,3-4,7-13,15H2,1-2H3. The Labute approximate surface area is 176 Å². The van der Waals surface area contributed by atoms with Gasteiger partial charge in [-0.15, -0.1) is 0 Å². The molecule has 0 saturated carbocycles. The fourth-order valence-electron chi connectivity index (χ4n) is 4.43. The van der Waals surface area contributed by atoms with Gasteiger partial charge in [-0.2, -0.15) is 0 Å². The molecule has 2 aliphatic rings. The van der Waals surface area contributed by atoms with Gasteiger partial charge in [0.25, 0.3) is 5.91 Å². The Morgan fingerprint density at radius 1 is 1.13 bits per heavy atom. The summed E-state index contributed by atoms with van der Waals surface area (Å²) in [4.78, 5) is 30.3. The Hall–Kier alpha value is -2.06. The van der Waals surface area contributed by atoms with Crippen LogP contribution in [0.1, 0.15) is 43.0 Å². The van der Waals surface area contributed by atoms with E-state index in [4.69, 9.17) is 4.74 Å². The van der Waals surface area contributed by atoms with Gasteiger partial charge in [-0.05, 0) is 37.8 Å². The molecule has 0 radical (unpaired) electrons. The van der Waals surface area contributed by atoms with Crippen molar-refractivity contribution in [3.63, 3.8) is 0 Å². The Balaban J connectivity index is 1.68. The Morgan fingerprint density at radius 2 is 1.87 bits per heavy atom. The van der Waals surface area contributed by atoms with Crippen LogP contribution in [0, 0.1) is 11.6 Å². The largest absolute Gasteiger partial charge is 0.381 e. The van der Waals surface area contributed by atoms with Crippen LogP contribution in [0.15, 0.2) is 18.2 Å². The highest BCUT2D eigenvalue weighted by atomic mass is 19.1. The Kier molecular flexibility index (Phi) is 7.77. The van der Waals surface area contributed by atoms with E-state index in [2.05, 4.69) is 4.90 Å². The molecule has 2 amide bonds. The molecular formula is C22H31F2N3O3.